The van der Waals surface area contributed by atoms with Gasteiger partial charge in [0.25, 0.3) is 0 Å². The lowest BCUT2D eigenvalue weighted by Crippen LogP contribution is -2.34. The summed E-state index contributed by atoms with van der Waals surface area (Å²) >= 11 is 0. The summed E-state index contributed by atoms with van der Waals surface area (Å²) in [6, 6.07) is 11.7. The number of benzene rings is 1. The fourth-order valence-electron chi connectivity index (χ4n) is 3.88. The molecule has 1 fully saturated rings. The van der Waals surface area contributed by atoms with Crippen molar-refractivity contribution in [2.75, 3.05) is 25.1 Å². The van der Waals surface area contributed by atoms with Gasteiger partial charge in [0, 0.05) is 25.1 Å². The Morgan fingerprint density at radius 1 is 0.964 bits per heavy atom. The minimum atomic E-state index is 0.305. The molecular formula is C20H21N7O. The molecule has 0 radical (unpaired) electrons. The fraction of sp³-hybridized carbons (Fsp3) is 0.350. The Hall–Kier alpha value is -3.29. The predicted molar refractivity (Wildman–Crippen MR) is 106 cm³/mol. The van der Waals surface area contributed by atoms with Crippen LogP contribution in [0.15, 0.2) is 36.4 Å². The number of anilines is 1. The molecule has 28 heavy (non-hydrogen) atoms. The van der Waals surface area contributed by atoms with E-state index in [0.717, 1.165) is 59.9 Å². The first-order valence-corrected chi connectivity index (χ1v) is 9.47. The van der Waals surface area contributed by atoms with Crippen molar-refractivity contribution >= 4 is 22.5 Å². The summed E-state index contributed by atoms with van der Waals surface area (Å²) in [6.07, 6.45) is 1.93. The van der Waals surface area contributed by atoms with Crippen molar-refractivity contribution in [3.8, 4) is 5.88 Å². The van der Waals surface area contributed by atoms with Gasteiger partial charge in [0.1, 0.15) is 0 Å². The van der Waals surface area contributed by atoms with Crippen LogP contribution in [0.3, 0.4) is 0 Å². The van der Waals surface area contributed by atoms with Gasteiger partial charge in [-0.3, -0.25) is 0 Å². The van der Waals surface area contributed by atoms with Gasteiger partial charge in [0.05, 0.1) is 23.8 Å². The van der Waals surface area contributed by atoms with E-state index in [2.05, 4.69) is 20.2 Å². The zero-order valence-corrected chi connectivity index (χ0v) is 15.9. The smallest absolute Gasteiger partial charge is 0.231 e. The molecule has 0 bridgehead atoms. The lowest BCUT2D eigenvalue weighted by molar-refractivity contribution is 0.386. The van der Waals surface area contributed by atoms with Gasteiger partial charge in [-0.2, -0.15) is 4.52 Å². The number of aryl methyl sites for hydroxylation is 1. The van der Waals surface area contributed by atoms with Crippen molar-refractivity contribution in [2.45, 2.75) is 25.7 Å². The number of rotatable bonds is 3. The van der Waals surface area contributed by atoms with E-state index in [0.29, 0.717) is 11.8 Å². The van der Waals surface area contributed by atoms with Crippen molar-refractivity contribution in [3.63, 3.8) is 0 Å². The maximum atomic E-state index is 5.25. The monoisotopic (exact) mass is 375 g/mol. The highest BCUT2D eigenvalue weighted by molar-refractivity contribution is 5.76. The van der Waals surface area contributed by atoms with E-state index in [-0.39, 0.29) is 0 Å². The van der Waals surface area contributed by atoms with Gasteiger partial charge >= 0.3 is 0 Å². The third kappa shape index (κ3) is 2.81. The molecule has 0 saturated carbocycles. The molecule has 1 aromatic carbocycles. The average molecular weight is 375 g/mol. The standard InChI is InChI=1S/C20H21N7O/c1-13-19(22-16-6-4-3-5-15(16)21-13)26-11-9-14(10-12-26)20-24-23-17-7-8-18(28-2)25-27(17)20/h3-8,14H,9-12H2,1-2H3. The van der Waals surface area contributed by atoms with Crippen LogP contribution >= 0.6 is 0 Å². The molecule has 0 amide bonds. The Balaban J connectivity index is 1.39. The van der Waals surface area contributed by atoms with E-state index in [9.17, 15) is 0 Å². The number of nitrogens with zero attached hydrogens (tertiary/aromatic N) is 7. The Morgan fingerprint density at radius 3 is 2.46 bits per heavy atom. The molecule has 1 saturated heterocycles. The van der Waals surface area contributed by atoms with E-state index in [1.165, 1.54) is 0 Å². The zero-order valence-electron chi connectivity index (χ0n) is 15.9. The van der Waals surface area contributed by atoms with Gasteiger partial charge in [0.15, 0.2) is 17.3 Å². The maximum absolute atomic E-state index is 5.25. The van der Waals surface area contributed by atoms with Crippen LogP contribution in [0.4, 0.5) is 5.82 Å². The molecule has 5 rings (SSSR count). The molecular weight excluding hydrogens is 354 g/mol. The number of hydrogen-bond donors (Lipinski definition) is 0. The molecule has 8 heteroatoms. The molecule has 0 unspecified atom stereocenters. The fourth-order valence-corrected chi connectivity index (χ4v) is 3.88. The molecule has 1 aliphatic heterocycles. The molecule has 142 valence electrons. The highest BCUT2D eigenvalue weighted by Crippen LogP contribution is 2.30. The number of para-hydroxylation sites is 2. The van der Waals surface area contributed by atoms with Gasteiger partial charge in [-0.15, -0.1) is 15.3 Å². The molecule has 4 aromatic rings. The summed E-state index contributed by atoms with van der Waals surface area (Å²) in [5.74, 6) is 2.74. The summed E-state index contributed by atoms with van der Waals surface area (Å²) in [5.41, 5.74) is 3.59. The summed E-state index contributed by atoms with van der Waals surface area (Å²) < 4.78 is 7.05. The minimum absolute atomic E-state index is 0.305. The molecule has 0 N–H and O–H groups in total. The van der Waals surface area contributed by atoms with Crippen LogP contribution in [-0.4, -0.2) is 50.0 Å². The summed E-state index contributed by atoms with van der Waals surface area (Å²) in [4.78, 5) is 11.9. The summed E-state index contributed by atoms with van der Waals surface area (Å²) in [7, 11) is 1.61. The van der Waals surface area contributed by atoms with Crippen molar-refractivity contribution in [2.24, 2.45) is 0 Å². The first kappa shape index (κ1) is 16.9. The zero-order chi connectivity index (χ0) is 19.1. The Bertz CT molecular complexity index is 1150. The SMILES string of the molecule is COc1ccc2nnc(C3CCN(c4nc5ccccc5nc4C)CC3)n2n1. The molecule has 0 atom stereocenters. The number of piperidine rings is 1. The van der Waals surface area contributed by atoms with Crippen LogP contribution < -0.4 is 9.64 Å². The van der Waals surface area contributed by atoms with Crippen LogP contribution in [-0.2, 0) is 0 Å². The Labute approximate surface area is 162 Å². The van der Waals surface area contributed by atoms with Gasteiger partial charge in [-0.1, -0.05) is 12.1 Å². The Morgan fingerprint density at radius 2 is 1.71 bits per heavy atom. The van der Waals surface area contributed by atoms with Gasteiger partial charge < -0.3 is 9.64 Å². The van der Waals surface area contributed by atoms with Gasteiger partial charge in [0.2, 0.25) is 5.88 Å². The van der Waals surface area contributed by atoms with Crippen molar-refractivity contribution in [1.82, 2.24) is 29.8 Å². The number of methoxy groups -OCH3 is 1. The number of hydrogen-bond acceptors (Lipinski definition) is 7. The second-order valence-corrected chi connectivity index (χ2v) is 7.09. The number of ether oxygens (including phenoxy) is 1. The first-order valence-electron chi connectivity index (χ1n) is 9.47. The summed E-state index contributed by atoms with van der Waals surface area (Å²) in [5, 5.41) is 13.1. The van der Waals surface area contributed by atoms with Crippen LogP contribution in [0, 0.1) is 6.92 Å². The van der Waals surface area contributed by atoms with Crippen LogP contribution in [0.1, 0.15) is 30.3 Å². The highest BCUT2D eigenvalue weighted by atomic mass is 16.5. The molecule has 1 aliphatic rings. The van der Waals surface area contributed by atoms with Crippen molar-refractivity contribution in [3.05, 3.63) is 47.9 Å². The topological polar surface area (TPSA) is 81.3 Å². The van der Waals surface area contributed by atoms with Crippen LogP contribution in [0.25, 0.3) is 16.7 Å². The second kappa shape index (κ2) is 6.70. The first-order chi connectivity index (χ1) is 13.7. The molecule has 0 aliphatic carbocycles. The normalized spacial score (nSPS) is 15.4. The maximum Gasteiger partial charge on any atom is 0.231 e. The Kier molecular flexibility index (Phi) is 4.03. The number of fused-ring (bicyclic) bond motifs is 2. The third-order valence-electron chi connectivity index (χ3n) is 5.35. The van der Waals surface area contributed by atoms with E-state index in [4.69, 9.17) is 14.7 Å². The highest BCUT2D eigenvalue weighted by Gasteiger charge is 2.27. The minimum Gasteiger partial charge on any atom is -0.480 e. The predicted octanol–water partition coefficient (Wildman–Crippen LogP) is 2.77. The number of aromatic nitrogens is 6. The lowest BCUT2D eigenvalue weighted by Gasteiger charge is -2.32. The van der Waals surface area contributed by atoms with Crippen LogP contribution in [0.5, 0.6) is 5.88 Å². The van der Waals surface area contributed by atoms with Gasteiger partial charge in [-0.05, 0) is 38.0 Å². The average Bonchev–Trinajstić information content (AvgIpc) is 3.16. The van der Waals surface area contributed by atoms with E-state index < -0.39 is 0 Å². The molecule has 3 aromatic heterocycles. The lowest BCUT2D eigenvalue weighted by atomic mass is 9.96. The van der Waals surface area contributed by atoms with E-state index in [1.807, 2.05) is 37.3 Å². The van der Waals surface area contributed by atoms with Crippen LogP contribution in [0.2, 0.25) is 0 Å². The second-order valence-electron chi connectivity index (χ2n) is 7.09. The molecule has 0 spiro atoms. The van der Waals surface area contributed by atoms with Crippen molar-refractivity contribution < 1.29 is 4.74 Å². The molecule has 4 heterocycles. The largest absolute Gasteiger partial charge is 0.480 e. The summed E-state index contributed by atoms with van der Waals surface area (Å²) in [6.45, 7) is 3.83. The molecule has 8 nitrogen and oxygen atoms in total. The van der Waals surface area contributed by atoms with E-state index in [1.54, 1.807) is 17.7 Å². The van der Waals surface area contributed by atoms with Gasteiger partial charge in [-0.25, -0.2) is 9.97 Å². The quantitative estimate of drug-likeness (QED) is 0.544. The third-order valence-corrected chi connectivity index (χ3v) is 5.35. The van der Waals surface area contributed by atoms with E-state index >= 15 is 0 Å². The van der Waals surface area contributed by atoms with Crippen molar-refractivity contribution in [1.29, 1.82) is 0 Å².